The van der Waals surface area contributed by atoms with E-state index in [1.54, 1.807) is 6.92 Å². The lowest BCUT2D eigenvalue weighted by Gasteiger charge is -2.32. The van der Waals surface area contributed by atoms with Crippen molar-refractivity contribution in [3.8, 4) is 0 Å². The normalized spacial score (nSPS) is 18.5. The van der Waals surface area contributed by atoms with Crippen LogP contribution in [0.4, 0.5) is 0 Å². The van der Waals surface area contributed by atoms with Crippen molar-refractivity contribution in [1.82, 2.24) is 9.62 Å². The molecule has 1 aromatic carbocycles. The molecular weight excluding hydrogens is 324 g/mol. The van der Waals surface area contributed by atoms with Gasteiger partial charge in [-0.1, -0.05) is 44.2 Å². The number of rotatable bonds is 6. The van der Waals surface area contributed by atoms with E-state index in [2.05, 4.69) is 19.2 Å². The zero-order chi connectivity index (χ0) is 17.7. The SMILES string of the molecule is CCS(=O)(=O)N1CCC(C(=O)N[C@H](c2ccccc2)C(C)C)CC1. The summed E-state index contributed by atoms with van der Waals surface area (Å²) in [5.41, 5.74) is 1.10. The van der Waals surface area contributed by atoms with Gasteiger partial charge in [-0.2, -0.15) is 0 Å². The monoisotopic (exact) mass is 352 g/mol. The number of amides is 1. The third-order valence-electron chi connectivity index (χ3n) is 4.71. The maximum absolute atomic E-state index is 12.6. The number of hydrogen-bond acceptors (Lipinski definition) is 3. The molecule has 0 unspecified atom stereocenters. The maximum atomic E-state index is 12.6. The summed E-state index contributed by atoms with van der Waals surface area (Å²) in [4.78, 5) is 12.6. The third kappa shape index (κ3) is 4.57. The molecule has 1 aromatic rings. The van der Waals surface area contributed by atoms with Crippen molar-refractivity contribution in [2.75, 3.05) is 18.8 Å². The summed E-state index contributed by atoms with van der Waals surface area (Å²) in [7, 11) is -3.15. The second-order valence-electron chi connectivity index (χ2n) is 6.71. The molecule has 1 aliphatic heterocycles. The minimum Gasteiger partial charge on any atom is -0.349 e. The van der Waals surface area contributed by atoms with Crippen LogP contribution in [0.15, 0.2) is 30.3 Å². The molecule has 1 aliphatic rings. The van der Waals surface area contributed by atoms with Gasteiger partial charge in [-0.25, -0.2) is 12.7 Å². The highest BCUT2D eigenvalue weighted by molar-refractivity contribution is 7.89. The number of carbonyl (C=O) groups is 1. The van der Waals surface area contributed by atoms with E-state index in [-0.39, 0.29) is 29.5 Å². The molecule has 0 spiro atoms. The molecule has 1 atom stereocenters. The smallest absolute Gasteiger partial charge is 0.223 e. The van der Waals surface area contributed by atoms with E-state index in [9.17, 15) is 13.2 Å². The Labute approximate surface area is 145 Å². The van der Waals surface area contributed by atoms with Crippen molar-refractivity contribution in [3.63, 3.8) is 0 Å². The standard InChI is InChI=1S/C18H28N2O3S/c1-4-24(22,23)20-12-10-16(11-13-20)18(21)19-17(14(2)3)15-8-6-5-7-9-15/h5-9,14,16-17H,4,10-13H2,1-3H3,(H,19,21)/t17-/m0/s1. The summed E-state index contributed by atoms with van der Waals surface area (Å²) in [5, 5.41) is 3.16. The number of sulfonamides is 1. The molecule has 0 bridgehead atoms. The first-order valence-electron chi connectivity index (χ1n) is 8.68. The average molecular weight is 353 g/mol. The number of carbonyl (C=O) groups excluding carboxylic acids is 1. The minimum absolute atomic E-state index is 0.0175. The van der Waals surface area contributed by atoms with Gasteiger partial charge in [-0.3, -0.25) is 4.79 Å². The van der Waals surface area contributed by atoms with Gasteiger partial charge in [0.2, 0.25) is 15.9 Å². The molecule has 0 radical (unpaired) electrons. The van der Waals surface area contributed by atoms with Crippen LogP contribution in [0.5, 0.6) is 0 Å². The first-order chi connectivity index (χ1) is 11.3. The Hall–Kier alpha value is -1.40. The first kappa shape index (κ1) is 18.9. The first-order valence-corrected chi connectivity index (χ1v) is 10.3. The zero-order valence-electron chi connectivity index (χ0n) is 14.7. The fraction of sp³-hybridized carbons (Fsp3) is 0.611. The van der Waals surface area contributed by atoms with Crippen molar-refractivity contribution in [2.24, 2.45) is 11.8 Å². The van der Waals surface area contributed by atoms with Crippen LogP contribution in [0, 0.1) is 11.8 Å². The van der Waals surface area contributed by atoms with Crippen LogP contribution in [-0.2, 0) is 14.8 Å². The molecule has 134 valence electrons. The van der Waals surface area contributed by atoms with Crippen LogP contribution in [-0.4, -0.2) is 37.5 Å². The Morgan fingerprint density at radius 1 is 1.21 bits per heavy atom. The fourth-order valence-electron chi connectivity index (χ4n) is 3.15. The lowest BCUT2D eigenvalue weighted by molar-refractivity contribution is -0.127. The largest absolute Gasteiger partial charge is 0.349 e. The summed E-state index contributed by atoms with van der Waals surface area (Å²) in [6.45, 7) is 6.71. The predicted molar refractivity (Wildman–Crippen MR) is 95.9 cm³/mol. The Bertz CT molecular complexity index is 635. The number of hydrogen-bond donors (Lipinski definition) is 1. The van der Waals surface area contributed by atoms with Crippen molar-refractivity contribution in [3.05, 3.63) is 35.9 Å². The quantitative estimate of drug-likeness (QED) is 0.856. The van der Waals surface area contributed by atoms with Crippen molar-refractivity contribution >= 4 is 15.9 Å². The van der Waals surface area contributed by atoms with Crippen LogP contribution >= 0.6 is 0 Å². The summed E-state index contributed by atoms with van der Waals surface area (Å²) >= 11 is 0. The number of piperidine rings is 1. The van der Waals surface area contributed by atoms with Crippen molar-refractivity contribution < 1.29 is 13.2 Å². The van der Waals surface area contributed by atoms with E-state index in [0.717, 1.165) is 5.56 Å². The van der Waals surface area contributed by atoms with Crippen LogP contribution in [0.25, 0.3) is 0 Å². The molecule has 0 aromatic heterocycles. The molecule has 2 rings (SSSR count). The average Bonchev–Trinajstić information content (AvgIpc) is 2.60. The van der Waals surface area contributed by atoms with Crippen LogP contribution in [0.1, 0.15) is 45.2 Å². The topological polar surface area (TPSA) is 66.5 Å². The highest BCUT2D eigenvalue weighted by Crippen LogP contribution is 2.25. The second-order valence-corrected chi connectivity index (χ2v) is 8.97. The summed E-state index contributed by atoms with van der Waals surface area (Å²) < 4.78 is 25.3. The van der Waals surface area contributed by atoms with Crippen molar-refractivity contribution in [1.29, 1.82) is 0 Å². The Morgan fingerprint density at radius 2 is 1.79 bits per heavy atom. The molecule has 0 saturated carbocycles. The van der Waals surface area contributed by atoms with Gasteiger partial charge < -0.3 is 5.32 Å². The summed E-state index contributed by atoms with van der Waals surface area (Å²) in [5.74, 6) is 0.328. The zero-order valence-corrected chi connectivity index (χ0v) is 15.6. The molecule has 1 amide bonds. The van der Waals surface area contributed by atoms with E-state index in [0.29, 0.717) is 25.9 Å². The third-order valence-corrected chi connectivity index (χ3v) is 6.59. The van der Waals surface area contributed by atoms with Gasteiger partial charge in [0, 0.05) is 19.0 Å². The van der Waals surface area contributed by atoms with Gasteiger partial charge in [-0.05, 0) is 31.2 Å². The molecule has 1 heterocycles. The molecule has 6 heteroatoms. The number of benzene rings is 1. The van der Waals surface area contributed by atoms with E-state index in [1.165, 1.54) is 4.31 Å². The maximum Gasteiger partial charge on any atom is 0.223 e. The second kappa shape index (κ2) is 8.12. The van der Waals surface area contributed by atoms with Gasteiger partial charge in [0.25, 0.3) is 0 Å². The Kier molecular flexibility index (Phi) is 6.40. The molecule has 1 saturated heterocycles. The van der Waals surface area contributed by atoms with E-state index in [1.807, 2.05) is 30.3 Å². The highest BCUT2D eigenvalue weighted by atomic mass is 32.2. The van der Waals surface area contributed by atoms with E-state index >= 15 is 0 Å². The van der Waals surface area contributed by atoms with Crippen LogP contribution in [0.3, 0.4) is 0 Å². The molecule has 1 N–H and O–H groups in total. The van der Waals surface area contributed by atoms with Gasteiger partial charge in [0.1, 0.15) is 0 Å². The molecule has 5 nitrogen and oxygen atoms in total. The number of nitrogens with zero attached hydrogens (tertiary/aromatic N) is 1. The van der Waals surface area contributed by atoms with Crippen molar-refractivity contribution in [2.45, 2.75) is 39.7 Å². The van der Waals surface area contributed by atoms with E-state index < -0.39 is 10.0 Å². The lowest BCUT2D eigenvalue weighted by Crippen LogP contribution is -2.44. The molecule has 24 heavy (non-hydrogen) atoms. The Balaban J connectivity index is 1.97. The molecule has 0 aliphatic carbocycles. The minimum atomic E-state index is -3.15. The van der Waals surface area contributed by atoms with Gasteiger partial charge >= 0.3 is 0 Å². The Morgan fingerprint density at radius 3 is 2.29 bits per heavy atom. The lowest BCUT2D eigenvalue weighted by atomic mass is 9.93. The highest BCUT2D eigenvalue weighted by Gasteiger charge is 2.31. The molecule has 1 fully saturated rings. The fourth-order valence-corrected chi connectivity index (χ4v) is 4.28. The van der Waals surface area contributed by atoms with Gasteiger partial charge in [0.15, 0.2) is 0 Å². The summed E-state index contributed by atoms with van der Waals surface area (Å²) in [6, 6.07) is 9.96. The van der Waals surface area contributed by atoms with Gasteiger partial charge in [-0.15, -0.1) is 0 Å². The van der Waals surface area contributed by atoms with Crippen LogP contribution in [0.2, 0.25) is 0 Å². The van der Waals surface area contributed by atoms with Crippen LogP contribution < -0.4 is 5.32 Å². The van der Waals surface area contributed by atoms with Gasteiger partial charge in [0.05, 0.1) is 11.8 Å². The predicted octanol–water partition coefficient (Wildman–Crippen LogP) is 2.56. The molecular formula is C18H28N2O3S. The van der Waals surface area contributed by atoms with E-state index in [4.69, 9.17) is 0 Å². The summed E-state index contributed by atoms with van der Waals surface area (Å²) in [6.07, 6.45) is 1.18. The number of nitrogens with one attached hydrogen (secondary N) is 1.